The van der Waals surface area contributed by atoms with Gasteiger partial charge in [0.25, 0.3) is 0 Å². The van der Waals surface area contributed by atoms with E-state index in [0.29, 0.717) is 12.5 Å². The average molecular weight is 299 g/mol. The molecule has 0 amide bonds. The molecular formula is C12H15BrN2O2. The summed E-state index contributed by atoms with van der Waals surface area (Å²) in [6.45, 7) is 3.48. The summed E-state index contributed by atoms with van der Waals surface area (Å²) in [7, 11) is 0. The molecule has 2 rings (SSSR count). The number of rotatable bonds is 2. The molecule has 1 fully saturated rings. The molecule has 0 bridgehead atoms. The van der Waals surface area contributed by atoms with Gasteiger partial charge < -0.3 is 10.0 Å². The molecule has 2 heterocycles. The minimum Gasteiger partial charge on any atom is -0.481 e. The van der Waals surface area contributed by atoms with E-state index in [2.05, 4.69) is 32.7 Å². The molecule has 1 aromatic heterocycles. The molecule has 1 N–H and O–H groups in total. The van der Waals surface area contributed by atoms with Crippen molar-refractivity contribution in [1.82, 2.24) is 4.98 Å². The number of carboxylic acid groups (broad SMARTS) is 1. The average Bonchev–Trinajstić information content (AvgIpc) is 2.28. The molecule has 5 heteroatoms. The highest BCUT2D eigenvalue weighted by Gasteiger charge is 2.30. The molecule has 4 nitrogen and oxygen atoms in total. The zero-order chi connectivity index (χ0) is 12.4. The molecule has 1 aromatic rings. The van der Waals surface area contributed by atoms with Crippen LogP contribution in [0.15, 0.2) is 22.8 Å². The van der Waals surface area contributed by atoms with Gasteiger partial charge in [0.1, 0.15) is 5.82 Å². The van der Waals surface area contributed by atoms with Crippen molar-refractivity contribution in [3.8, 4) is 0 Å². The van der Waals surface area contributed by atoms with Crippen LogP contribution in [0.3, 0.4) is 0 Å². The van der Waals surface area contributed by atoms with Crippen molar-refractivity contribution in [1.29, 1.82) is 0 Å². The molecule has 1 saturated heterocycles. The molecule has 2 unspecified atom stereocenters. The number of carboxylic acids is 1. The molecule has 0 spiro atoms. The molecule has 17 heavy (non-hydrogen) atoms. The molecule has 92 valence electrons. The summed E-state index contributed by atoms with van der Waals surface area (Å²) in [5, 5.41) is 9.13. The van der Waals surface area contributed by atoms with Crippen LogP contribution in [-0.4, -0.2) is 29.1 Å². The maximum Gasteiger partial charge on any atom is 0.308 e. The second kappa shape index (κ2) is 5.04. The summed E-state index contributed by atoms with van der Waals surface area (Å²) >= 11 is 3.46. The summed E-state index contributed by atoms with van der Waals surface area (Å²) in [6.07, 6.45) is 2.48. The summed E-state index contributed by atoms with van der Waals surface area (Å²) in [5.41, 5.74) is 0. The van der Waals surface area contributed by atoms with Crippen molar-refractivity contribution in [3.63, 3.8) is 0 Å². The van der Waals surface area contributed by atoms with Gasteiger partial charge in [0, 0.05) is 19.3 Å². The SMILES string of the molecule is CC1CC(C(=O)O)CN(c2ncccc2Br)C1. The minimum absolute atomic E-state index is 0.298. The van der Waals surface area contributed by atoms with E-state index in [-0.39, 0.29) is 5.92 Å². The smallest absolute Gasteiger partial charge is 0.308 e. The van der Waals surface area contributed by atoms with Crippen molar-refractivity contribution in [3.05, 3.63) is 22.8 Å². The first-order valence-electron chi connectivity index (χ1n) is 5.66. The number of hydrogen-bond donors (Lipinski definition) is 1. The van der Waals surface area contributed by atoms with Gasteiger partial charge in [0.05, 0.1) is 10.4 Å². The highest BCUT2D eigenvalue weighted by atomic mass is 79.9. The fourth-order valence-electron chi connectivity index (χ4n) is 2.31. The van der Waals surface area contributed by atoms with E-state index in [4.69, 9.17) is 5.11 Å². The van der Waals surface area contributed by atoms with Crippen LogP contribution in [-0.2, 0) is 4.79 Å². The lowest BCUT2D eigenvalue weighted by atomic mass is 9.90. The van der Waals surface area contributed by atoms with E-state index < -0.39 is 5.97 Å². The van der Waals surface area contributed by atoms with Gasteiger partial charge in [-0.05, 0) is 40.4 Å². The number of aliphatic carboxylic acids is 1. The molecule has 0 radical (unpaired) electrons. The third-order valence-electron chi connectivity index (χ3n) is 3.05. The lowest BCUT2D eigenvalue weighted by Gasteiger charge is -2.35. The Kier molecular flexibility index (Phi) is 3.66. The van der Waals surface area contributed by atoms with E-state index in [9.17, 15) is 4.79 Å². The van der Waals surface area contributed by atoms with Gasteiger partial charge in [0.2, 0.25) is 0 Å². The minimum atomic E-state index is -0.714. The van der Waals surface area contributed by atoms with Gasteiger partial charge in [-0.3, -0.25) is 4.79 Å². The number of piperidine rings is 1. The van der Waals surface area contributed by atoms with Crippen LogP contribution in [0.4, 0.5) is 5.82 Å². The number of nitrogens with zero attached hydrogens (tertiary/aromatic N) is 2. The highest BCUT2D eigenvalue weighted by Crippen LogP contribution is 2.29. The highest BCUT2D eigenvalue weighted by molar-refractivity contribution is 9.10. The quantitative estimate of drug-likeness (QED) is 0.911. The maximum atomic E-state index is 11.1. The molecular weight excluding hydrogens is 284 g/mol. The zero-order valence-electron chi connectivity index (χ0n) is 9.64. The Balaban J connectivity index is 2.21. The number of pyridine rings is 1. The van der Waals surface area contributed by atoms with Crippen molar-refractivity contribution >= 4 is 27.7 Å². The van der Waals surface area contributed by atoms with Crippen molar-refractivity contribution in [2.75, 3.05) is 18.0 Å². The van der Waals surface area contributed by atoms with Crippen LogP contribution in [0, 0.1) is 11.8 Å². The van der Waals surface area contributed by atoms with E-state index in [0.717, 1.165) is 23.3 Å². The summed E-state index contributed by atoms with van der Waals surface area (Å²) in [6, 6.07) is 3.78. The standard InChI is InChI=1S/C12H15BrN2O2/c1-8-5-9(12(16)17)7-15(6-8)11-10(13)3-2-4-14-11/h2-4,8-9H,5-7H2,1H3,(H,16,17). The molecule has 0 aromatic carbocycles. The van der Waals surface area contributed by atoms with Gasteiger partial charge in [0.15, 0.2) is 0 Å². The number of halogens is 1. The van der Waals surface area contributed by atoms with E-state index in [1.165, 1.54) is 0 Å². The topological polar surface area (TPSA) is 53.4 Å². The number of aromatic nitrogens is 1. The summed E-state index contributed by atoms with van der Waals surface area (Å²) in [4.78, 5) is 17.5. The predicted molar refractivity (Wildman–Crippen MR) is 69.1 cm³/mol. The number of anilines is 1. The molecule has 1 aliphatic rings. The van der Waals surface area contributed by atoms with Gasteiger partial charge in [-0.15, -0.1) is 0 Å². The van der Waals surface area contributed by atoms with Crippen molar-refractivity contribution in [2.24, 2.45) is 11.8 Å². The van der Waals surface area contributed by atoms with Crippen LogP contribution < -0.4 is 4.90 Å². The summed E-state index contributed by atoms with van der Waals surface area (Å²) < 4.78 is 0.915. The van der Waals surface area contributed by atoms with Crippen LogP contribution in [0.25, 0.3) is 0 Å². The van der Waals surface area contributed by atoms with Gasteiger partial charge in [-0.2, -0.15) is 0 Å². The fraction of sp³-hybridized carbons (Fsp3) is 0.500. The summed E-state index contributed by atoms with van der Waals surface area (Å²) in [5.74, 6) is 0.199. The second-order valence-electron chi connectivity index (χ2n) is 4.59. The van der Waals surface area contributed by atoms with E-state index in [1.807, 2.05) is 12.1 Å². The van der Waals surface area contributed by atoms with Gasteiger partial charge in [-0.25, -0.2) is 4.98 Å². The Labute approximate surface area is 109 Å². The third-order valence-corrected chi connectivity index (χ3v) is 3.67. The predicted octanol–water partition coefficient (Wildman–Crippen LogP) is 2.39. The molecule has 0 saturated carbocycles. The maximum absolute atomic E-state index is 11.1. The number of carbonyl (C=O) groups is 1. The van der Waals surface area contributed by atoms with E-state index in [1.54, 1.807) is 6.20 Å². The van der Waals surface area contributed by atoms with Crippen LogP contribution >= 0.6 is 15.9 Å². The van der Waals surface area contributed by atoms with Crippen LogP contribution in [0.1, 0.15) is 13.3 Å². The monoisotopic (exact) mass is 298 g/mol. The lowest BCUT2D eigenvalue weighted by Crippen LogP contribution is -2.43. The number of hydrogen-bond acceptors (Lipinski definition) is 3. The fourth-order valence-corrected chi connectivity index (χ4v) is 2.82. The first-order valence-corrected chi connectivity index (χ1v) is 6.45. The van der Waals surface area contributed by atoms with Gasteiger partial charge >= 0.3 is 5.97 Å². The first-order chi connectivity index (χ1) is 8.08. The first kappa shape index (κ1) is 12.4. The Morgan fingerprint density at radius 3 is 3.00 bits per heavy atom. The van der Waals surface area contributed by atoms with Crippen LogP contribution in [0.2, 0.25) is 0 Å². The molecule has 0 aliphatic carbocycles. The Bertz CT molecular complexity index is 425. The van der Waals surface area contributed by atoms with E-state index >= 15 is 0 Å². The Hall–Kier alpha value is -1.10. The second-order valence-corrected chi connectivity index (χ2v) is 5.44. The Morgan fingerprint density at radius 2 is 2.35 bits per heavy atom. The Morgan fingerprint density at radius 1 is 1.59 bits per heavy atom. The normalized spacial score (nSPS) is 24.7. The zero-order valence-corrected chi connectivity index (χ0v) is 11.2. The van der Waals surface area contributed by atoms with Gasteiger partial charge in [-0.1, -0.05) is 6.92 Å². The molecule has 1 aliphatic heterocycles. The van der Waals surface area contributed by atoms with Crippen LogP contribution in [0.5, 0.6) is 0 Å². The molecule has 2 atom stereocenters. The lowest BCUT2D eigenvalue weighted by molar-refractivity contribution is -0.142. The largest absolute Gasteiger partial charge is 0.481 e. The van der Waals surface area contributed by atoms with Crippen molar-refractivity contribution in [2.45, 2.75) is 13.3 Å². The van der Waals surface area contributed by atoms with Crippen molar-refractivity contribution < 1.29 is 9.90 Å². The third kappa shape index (κ3) is 2.77.